The van der Waals surface area contributed by atoms with Crippen LogP contribution in [-0.4, -0.2) is 44.6 Å². The Balaban J connectivity index is 3.17. The summed E-state index contributed by atoms with van der Waals surface area (Å²) in [7, 11) is -2.45. The van der Waals surface area contributed by atoms with Crippen molar-refractivity contribution in [2.75, 3.05) is 26.8 Å². The van der Waals surface area contributed by atoms with Gasteiger partial charge in [0.2, 0.25) is 10.0 Å². The fourth-order valence-electron chi connectivity index (χ4n) is 1.62. The molecule has 0 aliphatic carbocycles. The van der Waals surface area contributed by atoms with Gasteiger partial charge in [0.1, 0.15) is 10.7 Å². The number of hydrogen-bond acceptors (Lipinski definition) is 4. The molecule has 1 N–H and O–H groups in total. The highest BCUT2D eigenvalue weighted by Crippen LogP contribution is 2.20. The van der Waals surface area contributed by atoms with Crippen LogP contribution in [-0.2, 0) is 21.4 Å². The summed E-state index contributed by atoms with van der Waals surface area (Å²) in [6.07, 6.45) is 0. The Labute approximate surface area is 112 Å². The van der Waals surface area contributed by atoms with Gasteiger partial charge in [-0.3, -0.25) is 0 Å². The fraction of sp³-hybridized carbons (Fsp3) is 0.500. The highest BCUT2D eigenvalue weighted by molar-refractivity contribution is 7.89. The molecule has 0 unspecified atom stereocenters. The van der Waals surface area contributed by atoms with Gasteiger partial charge in [-0.15, -0.1) is 0 Å². The number of aliphatic hydroxyl groups excluding tert-OH is 1. The van der Waals surface area contributed by atoms with E-state index in [-0.39, 0.29) is 26.3 Å². The number of sulfonamides is 1. The minimum Gasteiger partial charge on any atom is -0.392 e. The Kier molecular flexibility index (Phi) is 5.86. The van der Waals surface area contributed by atoms with Gasteiger partial charge in [0.15, 0.2) is 0 Å². The van der Waals surface area contributed by atoms with E-state index in [1.54, 1.807) is 6.92 Å². The number of nitrogens with zero attached hydrogens (tertiary/aromatic N) is 1. The molecule has 19 heavy (non-hydrogen) atoms. The van der Waals surface area contributed by atoms with E-state index in [2.05, 4.69) is 0 Å². The quantitative estimate of drug-likeness (QED) is 0.813. The molecule has 0 aliphatic heterocycles. The van der Waals surface area contributed by atoms with Gasteiger partial charge >= 0.3 is 0 Å². The number of methoxy groups -OCH3 is 1. The molecule has 7 heteroatoms. The van der Waals surface area contributed by atoms with E-state index in [0.29, 0.717) is 5.56 Å². The molecule has 1 aromatic carbocycles. The van der Waals surface area contributed by atoms with Crippen LogP contribution >= 0.6 is 0 Å². The van der Waals surface area contributed by atoms with Crippen molar-refractivity contribution in [3.63, 3.8) is 0 Å². The number of halogens is 1. The van der Waals surface area contributed by atoms with Gasteiger partial charge in [-0.1, -0.05) is 13.0 Å². The maximum absolute atomic E-state index is 13.7. The third kappa shape index (κ3) is 3.73. The first kappa shape index (κ1) is 16.0. The molecule has 1 rings (SSSR count). The highest BCUT2D eigenvalue weighted by Gasteiger charge is 2.26. The van der Waals surface area contributed by atoms with E-state index in [9.17, 15) is 12.8 Å². The zero-order valence-corrected chi connectivity index (χ0v) is 11.8. The van der Waals surface area contributed by atoms with E-state index in [0.717, 1.165) is 16.4 Å². The summed E-state index contributed by atoms with van der Waals surface area (Å²) in [4.78, 5) is -0.419. The van der Waals surface area contributed by atoms with Crippen LogP contribution in [0.25, 0.3) is 0 Å². The summed E-state index contributed by atoms with van der Waals surface area (Å²) in [5, 5.41) is 9.01. The maximum Gasteiger partial charge on any atom is 0.246 e. The molecular formula is C12H18FNO4S. The van der Waals surface area contributed by atoms with Crippen LogP contribution in [0.3, 0.4) is 0 Å². The van der Waals surface area contributed by atoms with Crippen LogP contribution in [0.1, 0.15) is 12.5 Å². The van der Waals surface area contributed by atoms with E-state index in [1.165, 1.54) is 13.2 Å². The fourth-order valence-corrected chi connectivity index (χ4v) is 3.17. The number of ether oxygens (including phenoxy) is 1. The van der Waals surface area contributed by atoms with Gasteiger partial charge in [0.25, 0.3) is 0 Å². The number of hydrogen-bond donors (Lipinski definition) is 1. The Morgan fingerprint density at radius 1 is 1.42 bits per heavy atom. The summed E-state index contributed by atoms with van der Waals surface area (Å²) in [5.41, 5.74) is 0.350. The topological polar surface area (TPSA) is 66.8 Å². The lowest BCUT2D eigenvalue weighted by molar-refractivity contribution is 0.180. The zero-order valence-electron chi connectivity index (χ0n) is 11.0. The summed E-state index contributed by atoms with van der Waals surface area (Å²) in [5.74, 6) is -0.826. The molecule has 0 spiro atoms. The highest BCUT2D eigenvalue weighted by atomic mass is 32.2. The van der Waals surface area contributed by atoms with Crippen molar-refractivity contribution in [1.82, 2.24) is 4.31 Å². The van der Waals surface area contributed by atoms with Gasteiger partial charge in [0, 0.05) is 20.2 Å². The molecular weight excluding hydrogens is 273 g/mol. The molecule has 0 saturated heterocycles. The molecule has 5 nitrogen and oxygen atoms in total. The van der Waals surface area contributed by atoms with Gasteiger partial charge in [-0.25, -0.2) is 12.8 Å². The third-order valence-corrected chi connectivity index (χ3v) is 4.68. The van der Waals surface area contributed by atoms with Crippen LogP contribution in [0.2, 0.25) is 0 Å². The SMILES string of the molecule is CCN(CCOC)S(=O)(=O)c1cc(CO)ccc1F. The minimum atomic E-state index is -3.92. The summed E-state index contributed by atoms with van der Waals surface area (Å²) >= 11 is 0. The van der Waals surface area contributed by atoms with Crippen molar-refractivity contribution in [2.45, 2.75) is 18.4 Å². The molecule has 0 bridgehead atoms. The summed E-state index contributed by atoms with van der Waals surface area (Å²) in [6, 6.07) is 3.54. The van der Waals surface area contributed by atoms with Crippen LogP contribution < -0.4 is 0 Å². The van der Waals surface area contributed by atoms with E-state index in [4.69, 9.17) is 9.84 Å². The lowest BCUT2D eigenvalue weighted by Crippen LogP contribution is -2.34. The van der Waals surface area contributed by atoms with E-state index >= 15 is 0 Å². The zero-order chi connectivity index (χ0) is 14.5. The van der Waals surface area contributed by atoms with Crippen molar-refractivity contribution in [2.24, 2.45) is 0 Å². The molecule has 0 radical (unpaired) electrons. The predicted octanol–water partition coefficient (Wildman–Crippen LogP) is 0.975. The molecule has 0 atom stereocenters. The minimum absolute atomic E-state index is 0.151. The lowest BCUT2D eigenvalue weighted by atomic mass is 10.2. The van der Waals surface area contributed by atoms with Crippen molar-refractivity contribution < 1.29 is 22.7 Å². The number of likely N-dealkylation sites (N-methyl/N-ethyl adjacent to an activating group) is 1. The Bertz CT molecular complexity index is 518. The van der Waals surface area contributed by atoms with Gasteiger partial charge < -0.3 is 9.84 Å². The predicted molar refractivity (Wildman–Crippen MR) is 68.6 cm³/mol. The monoisotopic (exact) mass is 291 g/mol. The molecule has 0 aromatic heterocycles. The second-order valence-electron chi connectivity index (χ2n) is 3.91. The molecule has 0 aliphatic rings. The summed E-state index contributed by atoms with van der Waals surface area (Å²) in [6.45, 7) is 1.93. The van der Waals surface area contributed by atoms with Crippen LogP contribution in [0.5, 0.6) is 0 Å². The Hall–Kier alpha value is -1.02. The molecule has 1 aromatic rings. The largest absolute Gasteiger partial charge is 0.392 e. The van der Waals surface area contributed by atoms with E-state index < -0.39 is 20.7 Å². The summed E-state index contributed by atoms with van der Waals surface area (Å²) < 4.78 is 44.3. The first-order chi connectivity index (χ1) is 8.97. The lowest BCUT2D eigenvalue weighted by Gasteiger charge is -2.20. The maximum atomic E-state index is 13.7. The van der Waals surface area contributed by atoms with Gasteiger partial charge in [-0.05, 0) is 17.7 Å². The average molecular weight is 291 g/mol. The Morgan fingerprint density at radius 2 is 2.11 bits per heavy atom. The van der Waals surface area contributed by atoms with Gasteiger partial charge in [0.05, 0.1) is 13.2 Å². The second kappa shape index (κ2) is 6.95. The molecule has 0 saturated carbocycles. The third-order valence-electron chi connectivity index (χ3n) is 2.69. The molecule has 0 amide bonds. The van der Waals surface area contributed by atoms with E-state index in [1.807, 2.05) is 0 Å². The molecule has 0 fully saturated rings. The first-order valence-corrected chi connectivity index (χ1v) is 7.29. The number of aliphatic hydroxyl groups is 1. The average Bonchev–Trinajstić information content (AvgIpc) is 2.39. The van der Waals surface area contributed by atoms with Crippen LogP contribution in [0, 0.1) is 5.82 Å². The second-order valence-corrected chi connectivity index (χ2v) is 5.82. The smallest absolute Gasteiger partial charge is 0.246 e. The van der Waals surface area contributed by atoms with Crippen molar-refractivity contribution in [3.8, 4) is 0 Å². The van der Waals surface area contributed by atoms with Crippen LogP contribution in [0.4, 0.5) is 4.39 Å². The van der Waals surface area contributed by atoms with Crippen molar-refractivity contribution in [1.29, 1.82) is 0 Å². The first-order valence-electron chi connectivity index (χ1n) is 5.85. The normalized spacial score (nSPS) is 12.1. The molecule has 0 heterocycles. The number of benzene rings is 1. The Morgan fingerprint density at radius 3 is 2.63 bits per heavy atom. The standard InChI is InChI=1S/C12H18FNO4S/c1-3-14(6-7-18-2)19(16,17)12-8-10(9-15)4-5-11(12)13/h4-5,8,15H,3,6-7,9H2,1-2H3. The van der Waals surface area contributed by atoms with Gasteiger partial charge in [-0.2, -0.15) is 4.31 Å². The number of rotatable bonds is 7. The van der Waals surface area contributed by atoms with Crippen molar-refractivity contribution >= 4 is 10.0 Å². The van der Waals surface area contributed by atoms with Crippen LogP contribution in [0.15, 0.2) is 23.1 Å². The van der Waals surface area contributed by atoms with Crippen molar-refractivity contribution in [3.05, 3.63) is 29.6 Å². The molecule has 108 valence electrons.